The topological polar surface area (TPSA) is 58.3 Å². The van der Waals surface area contributed by atoms with Gasteiger partial charge in [0.25, 0.3) is 0 Å². The molecule has 146 valence electrons. The van der Waals surface area contributed by atoms with Crippen LogP contribution in [-0.2, 0) is 16.1 Å². The van der Waals surface area contributed by atoms with E-state index in [0.29, 0.717) is 29.5 Å². The number of benzene rings is 2. The van der Waals surface area contributed by atoms with Crippen LogP contribution in [0, 0.1) is 11.7 Å². The average Bonchev–Trinajstić information content (AvgIpc) is 3.03. The molecule has 0 saturated heterocycles. The summed E-state index contributed by atoms with van der Waals surface area (Å²) in [5.41, 5.74) is 2.88. The molecule has 0 bridgehead atoms. The Bertz CT molecular complexity index is 1020. The summed E-state index contributed by atoms with van der Waals surface area (Å²) < 4.78 is 14.6. The van der Waals surface area contributed by atoms with Gasteiger partial charge in [0.05, 0.1) is 32.2 Å². The van der Waals surface area contributed by atoms with Gasteiger partial charge in [-0.05, 0) is 50.3 Å². The van der Waals surface area contributed by atoms with Gasteiger partial charge in [-0.2, -0.15) is 5.10 Å². The second kappa shape index (κ2) is 8.84. The van der Waals surface area contributed by atoms with Crippen molar-refractivity contribution in [3.63, 3.8) is 0 Å². The molecule has 1 heterocycles. The molecule has 7 heteroatoms. The number of aryl methyl sites for hydroxylation is 2. The van der Waals surface area contributed by atoms with Crippen LogP contribution in [0.4, 0.5) is 0 Å². The standard InChI is InChI=1S/C21H23N3O3S/c1-4-27-19(25)13-14-23-21(28)24(16-11-9-15(2)10-12-16)20(22-23)17-7-5-6-8-18(17)26-3/h5-12H,4,13-14H2,1-3H3. The highest BCUT2D eigenvalue weighted by molar-refractivity contribution is 7.71. The minimum absolute atomic E-state index is 0.207. The summed E-state index contributed by atoms with van der Waals surface area (Å²) in [6, 6.07) is 15.7. The maximum Gasteiger partial charge on any atom is 0.307 e. The van der Waals surface area contributed by atoms with E-state index in [9.17, 15) is 4.79 Å². The van der Waals surface area contributed by atoms with E-state index in [1.807, 2.05) is 60.0 Å². The molecule has 0 aliphatic rings. The Kier molecular flexibility index (Phi) is 6.26. The van der Waals surface area contributed by atoms with Gasteiger partial charge in [-0.3, -0.25) is 9.36 Å². The predicted molar refractivity (Wildman–Crippen MR) is 110 cm³/mol. The zero-order valence-electron chi connectivity index (χ0n) is 16.2. The third-order valence-corrected chi connectivity index (χ3v) is 4.71. The van der Waals surface area contributed by atoms with E-state index in [0.717, 1.165) is 16.8 Å². The predicted octanol–water partition coefficient (Wildman–Crippen LogP) is 4.34. The monoisotopic (exact) mass is 397 g/mol. The lowest BCUT2D eigenvalue weighted by molar-refractivity contribution is -0.143. The van der Waals surface area contributed by atoms with Crippen LogP contribution in [0.25, 0.3) is 17.1 Å². The molecule has 0 saturated carbocycles. The smallest absolute Gasteiger partial charge is 0.307 e. The van der Waals surface area contributed by atoms with E-state index in [-0.39, 0.29) is 12.4 Å². The molecule has 3 rings (SSSR count). The fourth-order valence-corrected chi connectivity index (χ4v) is 3.24. The molecule has 0 atom stereocenters. The summed E-state index contributed by atoms with van der Waals surface area (Å²) in [6.07, 6.45) is 0.207. The van der Waals surface area contributed by atoms with Gasteiger partial charge in [-0.1, -0.05) is 29.8 Å². The fraction of sp³-hybridized carbons (Fsp3) is 0.286. The summed E-state index contributed by atoms with van der Waals surface area (Å²) >= 11 is 5.69. The molecule has 3 aromatic rings. The number of carbonyl (C=O) groups excluding carboxylic acids is 1. The van der Waals surface area contributed by atoms with Crippen LogP contribution in [0.3, 0.4) is 0 Å². The quantitative estimate of drug-likeness (QED) is 0.438. The molecule has 6 nitrogen and oxygen atoms in total. The third-order valence-electron chi connectivity index (χ3n) is 4.31. The number of ether oxygens (including phenoxy) is 2. The van der Waals surface area contributed by atoms with Crippen LogP contribution in [0.15, 0.2) is 48.5 Å². The highest BCUT2D eigenvalue weighted by Gasteiger charge is 2.18. The van der Waals surface area contributed by atoms with Crippen molar-refractivity contribution in [1.29, 1.82) is 0 Å². The largest absolute Gasteiger partial charge is 0.496 e. The lowest BCUT2D eigenvalue weighted by Crippen LogP contribution is -2.10. The lowest BCUT2D eigenvalue weighted by Gasteiger charge is -2.10. The minimum atomic E-state index is -0.270. The number of methoxy groups -OCH3 is 1. The molecule has 0 radical (unpaired) electrons. The molecule has 0 spiro atoms. The van der Waals surface area contributed by atoms with Crippen molar-refractivity contribution in [3.05, 3.63) is 58.9 Å². The summed E-state index contributed by atoms with van der Waals surface area (Å²) in [6.45, 7) is 4.52. The first-order valence-corrected chi connectivity index (χ1v) is 9.52. The van der Waals surface area contributed by atoms with Crippen molar-refractivity contribution in [1.82, 2.24) is 14.3 Å². The van der Waals surface area contributed by atoms with Gasteiger partial charge >= 0.3 is 5.97 Å². The molecule has 0 N–H and O–H groups in total. The molecule has 0 aliphatic heterocycles. The molecule has 2 aromatic carbocycles. The van der Waals surface area contributed by atoms with Crippen molar-refractivity contribution in [2.75, 3.05) is 13.7 Å². The van der Waals surface area contributed by atoms with Crippen molar-refractivity contribution in [2.45, 2.75) is 26.8 Å². The molecule has 1 aromatic heterocycles. The molecule has 28 heavy (non-hydrogen) atoms. The zero-order chi connectivity index (χ0) is 20.1. The second-order valence-electron chi connectivity index (χ2n) is 6.26. The zero-order valence-corrected chi connectivity index (χ0v) is 17.0. The van der Waals surface area contributed by atoms with Gasteiger partial charge < -0.3 is 9.47 Å². The number of aromatic nitrogens is 3. The van der Waals surface area contributed by atoms with Crippen LogP contribution < -0.4 is 4.74 Å². The van der Waals surface area contributed by atoms with Crippen LogP contribution in [0.5, 0.6) is 5.75 Å². The van der Waals surface area contributed by atoms with Gasteiger partial charge in [0, 0.05) is 5.69 Å². The number of hydrogen-bond acceptors (Lipinski definition) is 5. The van der Waals surface area contributed by atoms with E-state index in [1.54, 1.807) is 18.7 Å². The average molecular weight is 398 g/mol. The first-order chi connectivity index (χ1) is 13.5. The molecule has 0 unspecified atom stereocenters. The first kappa shape index (κ1) is 19.8. The Balaban J connectivity index is 2.11. The van der Waals surface area contributed by atoms with Crippen molar-refractivity contribution >= 4 is 18.2 Å². The third kappa shape index (κ3) is 4.14. The maximum atomic E-state index is 11.8. The van der Waals surface area contributed by atoms with Crippen molar-refractivity contribution < 1.29 is 14.3 Å². The van der Waals surface area contributed by atoms with E-state index in [4.69, 9.17) is 26.8 Å². The molecular formula is C21H23N3O3S. The van der Waals surface area contributed by atoms with Gasteiger partial charge in [0.1, 0.15) is 5.75 Å². The Morgan fingerprint density at radius 3 is 2.54 bits per heavy atom. The summed E-state index contributed by atoms with van der Waals surface area (Å²) in [5, 5.41) is 4.71. The van der Waals surface area contributed by atoms with Gasteiger partial charge in [-0.15, -0.1) is 0 Å². The van der Waals surface area contributed by atoms with E-state index in [2.05, 4.69) is 0 Å². The summed E-state index contributed by atoms with van der Waals surface area (Å²) in [4.78, 5) is 11.8. The van der Waals surface area contributed by atoms with Gasteiger partial charge in [-0.25, -0.2) is 4.68 Å². The Labute approximate surface area is 169 Å². The first-order valence-electron chi connectivity index (χ1n) is 9.11. The van der Waals surface area contributed by atoms with E-state index >= 15 is 0 Å². The molecule has 0 amide bonds. The Morgan fingerprint density at radius 2 is 1.86 bits per heavy atom. The van der Waals surface area contributed by atoms with Crippen molar-refractivity contribution in [3.8, 4) is 22.8 Å². The van der Waals surface area contributed by atoms with Crippen molar-refractivity contribution in [2.24, 2.45) is 0 Å². The van der Waals surface area contributed by atoms with E-state index < -0.39 is 0 Å². The number of rotatable bonds is 7. The normalized spacial score (nSPS) is 10.7. The molecule has 0 aliphatic carbocycles. The van der Waals surface area contributed by atoms with Crippen LogP contribution in [-0.4, -0.2) is 34.0 Å². The highest BCUT2D eigenvalue weighted by atomic mass is 32.1. The summed E-state index contributed by atoms with van der Waals surface area (Å²) in [7, 11) is 1.63. The number of esters is 1. The van der Waals surface area contributed by atoms with Crippen LogP contribution >= 0.6 is 12.2 Å². The Morgan fingerprint density at radius 1 is 1.14 bits per heavy atom. The molecule has 0 fully saturated rings. The molecular weight excluding hydrogens is 374 g/mol. The highest BCUT2D eigenvalue weighted by Crippen LogP contribution is 2.30. The number of para-hydroxylation sites is 1. The number of carbonyl (C=O) groups is 1. The lowest BCUT2D eigenvalue weighted by atomic mass is 10.1. The number of nitrogens with zero attached hydrogens (tertiary/aromatic N) is 3. The van der Waals surface area contributed by atoms with Crippen LogP contribution in [0.2, 0.25) is 0 Å². The van der Waals surface area contributed by atoms with Gasteiger partial charge in [0.15, 0.2) is 5.82 Å². The maximum absolute atomic E-state index is 11.8. The second-order valence-corrected chi connectivity index (χ2v) is 6.62. The van der Waals surface area contributed by atoms with Gasteiger partial charge in [0.2, 0.25) is 4.77 Å². The fourth-order valence-electron chi connectivity index (χ4n) is 2.91. The minimum Gasteiger partial charge on any atom is -0.496 e. The summed E-state index contributed by atoms with van der Waals surface area (Å²) in [5.74, 6) is 1.09. The SMILES string of the molecule is CCOC(=O)CCn1nc(-c2ccccc2OC)n(-c2ccc(C)cc2)c1=S. The number of hydrogen-bond donors (Lipinski definition) is 0. The van der Waals surface area contributed by atoms with Crippen LogP contribution in [0.1, 0.15) is 18.9 Å². The Hall–Kier alpha value is -2.93. The van der Waals surface area contributed by atoms with E-state index in [1.165, 1.54) is 0 Å².